The normalized spacial score (nSPS) is 17.2. The Balaban J connectivity index is 1.76. The maximum Gasteiger partial charge on any atom is 0.274 e. The summed E-state index contributed by atoms with van der Waals surface area (Å²) in [7, 11) is 0. The summed E-state index contributed by atoms with van der Waals surface area (Å²) in [6, 6.07) is 14.5. The van der Waals surface area contributed by atoms with E-state index in [1.807, 2.05) is 35.2 Å². The van der Waals surface area contributed by atoms with Crippen molar-refractivity contribution in [3.05, 3.63) is 59.9 Å². The Morgan fingerprint density at radius 1 is 1.08 bits per heavy atom. The lowest BCUT2D eigenvalue weighted by molar-refractivity contribution is 0.0602. The standard InChI is InChI=1S/C20H23N3O2/c1-2-16-11-6-7-14-23(16)20(25)18-13-8-12-17(22-18)19(24)21-15-9-4-3-5-10-15/h3-5,8-10,12-13,16H,2,6-7,11,14H2,1H3,(H,21,24). The van der Waals surface area contributed by atoms with Crippen LogP contribution in [0.2, 0.25) is 0 Å². The number of nitrogens with one attached hydrogen (secondary N) is 1. The summed E-state index contributed by atoms with van der Waals surface area (Å²) >= 11 is 0. The molecule has 2 aromatic rings. The number of rotatable bonds is 4. The predicted octanol–water partition coefficient (Wildman–Crippen LogP) is 3.74. The number of hydrogen-bond donors (Lipinski definition) is 1. The summed E-state index contributed by atoms with van der Waals surface area (Å²) in [5, 5.41) is 2.80. The zero-order chi connectivity index (χ0) is 17.6. The van der Waals surface area contributed by atoms with Gasteiger partial charge in [-0.25, -0.2) is 4.98 Å². The minimum Gasteiger partial charge on any atom is -0.334 e. The minimum atomic E-state index is -0.313. The summed E-state index contributed by atoms with van der Waals surface area (Å²) in [5.74, 6) is -0.396. The third-order valence-electron chi connectivity index (χ3n) is 4.59. The van der Waals surface area contributed by atoms with E-state index in [4.69, 9.17) is 0 Å². The van der Waals surface area contributed by atoms with E-state index >= 15 is 0 Å². The molecule has 25 heavy (non-hydrogen) atoms. The van der Waals surface area contributed by atoms with Gasteiger partial charge in [0.1, 0.15) is 11.4 Å². The number of pyridine rings is 1. The summed E-state index contributed by atoms with van der Waals surface area (Å²) in [5.41, 5.74) is 1.29. The van der Waals surface area contributed by atoms with Crippen LogP contribution in [-0.2, 0) is 0 Å². The number of hydrogen-bond acceptors (Lipinski definition) is 3. The number of carbonyl (C=O) groups is 2. The van der Waals surface area contributed by atoms with Gasteiger partial charge in [0.05, 0.1) is 0 Å². The highest BCUT2D eigenvalue weighted by Crippen LogP contribution is 2.21. The number of piperidine rings is 1. The molecule has 1 unspecified atom stereocenters. The second-order valence-electron chi connectivity index (χ2n) is 6.28. The lowest BCUT2D eigenvalue weighted by Crippen LogP contribution is -2.43. The number of aromatic nitrogens is 1. The van der Waals surface area contributed by atoms with E-state index in [0.29, 0.717) is 11.4 Å². The number of likely N-dealkylation sites (tertiary alicyclic amines) is 1. The maximum atomic E-state index is 12.8. The molecule has 1 aromatic heterocycles. The molecular formula is C20H23N3O2. The number of carbonyl (C=O) groups excluding carboxylic acids is 2. The lowest BCUT2D eigenvalue weighted by Gasteiger charge is -2.35. The maximum absolute atomic E-state index is 12.8. The first kappa shape index (κ1) is 17.1. The van der Waals surface area contributed by atoms with Crippen molar-refractivity contribution in [1.82, 2.24) is 9.88 Å². The molecule has 0 bridgehead atoms. The topological polar surface area (TPSA) is 62.3 Å². The van der Waals surface area contributed by atoms with Crippen LogP contribution in [0.3, 0.4) is 0 Å². The van der Waals surface area contributed by atoms with Crippen molar-refractivity contribution in [1.29, 1.82) is 0 Å². The van der Waals surface area contributed by atoms with Gasteiger partial charge in [-0.2, -0.15) is 0 Å². The fraction of sp³-hybridized carbons (Fsp3) is 0.350. The van der Waals surface area contributed by atoms with Crippen LogP contribution < -0.4 is 5.32 Å². The van der Waals surface area contributed by atoms with Crippen molar-refractivity contribution in [2.75, 3.05) is 11.9 Å². The molecule has 1 aromatic carbocycles. The second kappa shape index (κ2) is 7.92. The Bertz CT molecular complexity index is 746. The van der Waals surface area contributed by atoms with Crippen molar-refractivity contribution >= 4 is 17.5 Å². The van der Waals surface area contributed by atoms with Crippen LogP contribution >= 0.6 is 0 Å². The molecule has 1 aliphatic rings. The molecule has 0 radical (unpaired) electrons. The summed E-state index contributed by atoms with van der Waals surface area (Å²) in [6.45, 7) is 2.87. The smallest absolute Gasteiger partial charge is 0.274 e. The van der Waals surface area contributed by atoms with Gasteiger partial charge in [-0.15, -0.1) is 0 Å². The van der Waals surface area contributed by atoms with Crippen molar-refractivity contribution in [3.8, 4) is 0 Å². The lowest BCUT2D eigenvalue weighted by atomic mass is 9.99. The number of amides is 2. The Hall–Kier alpha value is -2.69. The Morgan fingerprint density at radius 3 is 2.60 bits per heavy atom. The Morgan fingerprint density at radius 2 is 1.84 bits per heavy atom. The van der Waals surface area contributed by atoms with Gasteiger partial charge in [0.2, 0.25) is 0 Å². The van der Waals surface area contributed by atoms with Crippen molar-refractivity contribution in [3.63, 3.8) is 0 Å². The highest BCUT2D eigenvalue weighted by Gasteiger charge is 2.27. The molecule has 0 saturated carbocycles. The van der Waals surface area contributed by atoms with Crippen LogP contribution in [0, 0.1) is 0 Å². The molecule has 1 N–H and O–H groups in total. The van der Waals surface area contributed by atoms with Crippen LogP contribution in [0.5, 0.6) is 0 Å². The highest BCUT2D eigenvalue weighted by atomic mass is 16.2. The zero-order valence-corrected chi connectivity index (χ0v) is 14.4. The zero-order valence-electron chi connectivity index (χ0n) is 14.4. The SMILES string of the molecule is CCC1CCCCN1C(=O)c1cccc(C(=O)Nc2ccccc2)n1. The molecule has 0 spiro atoms. The number of anilines is 1. The molecule has 1 saturated heterocycles. The van der Waals surface area contributed by atoms with Gasteiger partial charge in [0, 0.05) is 18.3 Å². The molecule has 1 fully saturated rings. The summed E-state index contributed by atoms with van der Waals surface area (Å²) in [6.07, 6.45) is 4.17. The van der Waals surface area contributed by atoms with Gasteiger partial charge >= 0.3 is 0 Å². The molecule has 0 aliphatic carbocycles. The van der Waals surface area contributed by atoms with Gasteiger partial charge in [0.15, 0.2) is 0 Å². The van der Waals surface area contributed by atoms with Crippen molar-refractivity contribution < 1.29 is 9.59 Å². The molecular weight excluding hydrogens is 314 g/mol. The van der Waals surface area contributed by atoms with Gasteiger partial charge in [-0.1, -0.05) is 31.2 Å². The van der Waals surface area contributed by atoms with Crippen LogP contribution in [-0.4, -0.2) is 34.3 Å². The number of nitrogens with zero attached hydrogens (tertiary/aromatic N) is 2. The van der Waals surface area contributed by atoms with Gasteiger partial charge < -0.3 is 10.2 Å². The van der Waals surface area contributed by atoms with Crippen molar-refractivity contribution in [2.45, 2.75) is 38.6 Å². The molecule has 130 valence electrons. The quantitative estimate of drug-likeness (QED) is 0.924. The van der Waals surface area contributed by atoms with E-state index in [-0.39, 0.29) is 23.6 Å². The second-order valence-corrected chi connectivity index (χ2v) is 6.28. The molecule has 1 aliphatic heterocycles. The van der Waals surface area contributed by atoms with Gasteiger partial charge in [-0.3, -0.25) is 9.59 Å². The molecule has 2 heterocycles. The summed E-state index contributed by atoms with van der Waals surface area (Å²) < 4.78 is 0. The first-order chi connectivity index (χ1) is 12.2. The number of para-hydroxylation sites is 1. The third-order valence-corrected chi connectivity index (χ3v) is 4.59. The fourth-order valence-electron chi connectivity index (χ4n) is 3.24. The average molecular weight is 337 g/mol. The van der Waals surface area contributed by atoms with E-state index < -0.39 is 0 Å². The first-order valence-electron chi connectivity index (χ1n) is 8.83. The first-order valence-corrected chi connectivity index (χ1v) is 8.83. The van der Waals surface area contributed by atoms with Gasteiger partial charge in [-0.05, 0) is 49.9 Å². The molecule has 5 nitrogen and oxygen atoms in total. The molecule has 3 rings (SSSR count). The van der Waals surface area contributed by atoms with E-state index in [0.717, 1.165) is 32.2 Å². The van der Waals surface area contributed by atoms with Crippen LogP contribution in [0.4, 0.5) is 5.69 Å². The minimum absolute atomic E-state index is 0.0825. The third kappa shape index (κ3) is 4.05. The van der Waals surface area contributed by atoms with E-state index in [1.165, 1.54) is 0 Å². The predicted molar refractivity (Wildman–Crippen MR) is 97.6 cm³/mol. The van der Waals surface area contributed by atoms with E-state index in [9.17, 15) is 9.59 Å². The molecule has 1 atom stereocenters. The highest BCUT2D eigenvalue weighted by molar-refractivity contribution is 6.03. The fourth-order valence-corrected chi connectivity index (χ4v) is 3.24. The Labute approximate surface area is 148 Å². The van der Waals surface area contributed by atoms with E-state index in [2.05, 4.69) is 17.2 Å². The van der Waals surface area contributed by atoms with Crippen LogP contribution in [0.1, 0.15) is 53.6 Å². The van der Waals surface area contributed by atoms with Crippen LogP contribution in [0.15, 0.2) is 48.5 Å². The Kier molecular flexibility index (Phi) is 5.43. The average Bonchev–Trinajstić information content (AvgIpc) is 2.68. The number of benzene rings is 1. The van der Waals surface area contributed by atoms with E-state index in [1.54, 1.807) is 18.2 Å². The molecule has 2 amide bonds. The van der Waals surface area contributed by atoms with Crippen molar-refractivity contribution in [2.24, 2.45) is 0 Å². The summed E-state index contributed by atoms with van der Waals surface area (Å²) in [4.78, 5) is 31.4. The molecule has 5 heteroatoms. The largest absolute Gasteiger partial charge is 0.334 e. The van der Waals surface area contributed by atoms with Gasteiger partial charge in [0.25, 0.3) is 11.8 Å². The monoisotopic (exact) mass is 337 g/mol. The van der Waals surface area contributed by atoms with Crippen LogP contribution in [0.25, 0.3) is 0 Å².